The number of carboxylic acid groups (broad SMARTS) is 1. The first kappa shape index (κ1) is 22.6. The third-order valence-corrected chi connectivity index (χ3v) is 7.87. The minimum Gasteiger partial charge on any atom is -0.480 e. The molecule has 0 radical (unpaired) electrons. The summed E-state index contributed by atoms with van der Waals surface area (Å²) in [6, 6.07) is 6.57. The molecule has 1 aromatic carbocycles. The Kier molecular flexibility index (Phi) is 5.63. The van der Waals surface area contributed by atoms with Crippen molar-refractivity contribution in [2.24, 2.45) is 23.7 Å². The van der Waals surface area contributed by atoms with E-state index < -0.39 is 42.4 Å². The first-order valence-corrected chi connectivity index (χ1v) is 11.7. The monoisotopic (exact) mass is 461 g/mol. The van der Waals surface area contributed by atoms with Gasteiger partial charge in [0, 0.05) is 23.8 Å². The number of nitrogens with one attached hydrogen (secondary N) is 1. The van der Waals surface area contributed by atoms with Crippen LogP contribution in [0.4, 0.5) is 0 Å². The van der Waals surface area contributed by atoms with Gasteiger partial charge in [-0.3, -0.25) is 9.59 Å². The van der Waals surface area contributed by atoms with E-state index in [2.05, 4.69) is 19.2 Å². The fourth-order valence-electron chi connectivity index (χ4n) is 6.08. The Labute approximate surface area is 192 Å². The van der Waals surface area contributed by atoms with Gasteiger partial charge in [0.2, 0.25) is 12.1 Å². The smallest absolute Gasteiger partial charge is 0.322 e. The number of amides is 1. The second-order valence-corrected chi connectivity index (χ2v) is 9.99. The summed E-state index contributed by atoms with van der Waals surface area (Å²) in [6.45, 7) is 5.85. The van der Waals surface area contributed by atoms with Gasteiger partial charge in [-0.2, -0.15) is 0 Å². The summed E-state index contributed by atoms with van der Waals surface area (Å²) in [4.78, 5) is 34.7. The Morgan fingerprint density at radius 1 is 1.12 bits per heavy atom. The summed E-state index contributed by atoms with van der Waals surface area (Å²) in [6.07, 6.45) is 2.68. The Bertz CT molecular complexity index is 922. The van der Waals surface area contributed by atoms with Gasteiger partial charge in [0.15, 0.2) is 11.9 Å². The summed E-state index contributed by atoms with van der Waals surface area (Å²) in [5, 5.41) is 11.1. The molecule has 1 aliphatic carbocycles. The maximum absolute atomic E-state index is 12.1. The van der Waals surface area contributed by atoms with Gasteiger partial charge in [-0.25, -0.2) is 9.78 Å². The normalized spacial score (nSPS) is 41.5. The molecule has 2 N–H and O–H groups in total. The molecule has 9 nitrogen and oxygen atoms in total. The van der Waals surface area contributed by atoms with Crippen LogP contribution in [0.1, 0.15) is 56.8 Å². The molecule has 4 saturated heterocycles. The molecule has 4 aliphatic heterocycles. The predicted molar refractivity (Wildman–Crippen MR) is 114 cm³/mol. The molecule has 5 fully saturated rings. The Balaban J connectivity index is 1.34. The lowest BCUT2D eigenvalue weighted by Crippen LogP contribution is -2.70. The van der Waals surface area contributed by atoms with Crippen molar-refractivity contribution in [3.05, 3.63) is 29.8 Å². The molecule has 8 atom stereocenters. The van der Waals surface area contributed by atoms with Crippen LogP contribution in [0.25, 0.3) is 0 Å². The maximum Gasteiger partial charge on any atom is 0.322 e. The SMILES string of the molecule is C[C@H]1[C@@H](Oc2ccc(C(=O)NCC(=O)O)cc2)O[C@@H]2O[C@@]3(C)CC[C@H]4[C@H](C)CC[C@@H]1[C@@]24OO3. The molecule has 33 heavy (non-hydrogen) atoms. The third kappa shape index (κ3) is 3.80. The zero-order chi connectivity index (χ0) is 23.4. The number of carboxylic acids is 1. The molecule has 2 bridgehead atoms. The van der Waals surface area contributed by atoms with E-state index in [0.29, 0.717) is 17.2 Å². The number of rotatable bonds is 5. The number of carbonyl (C=O) groups is 2. The second kappa shape index (κ2) is 8.23. The fraction of sp³-hybridized carbons (Fsp3) is 0.667. The molecule has 9 heteroatoms. The fourth-order valence-corrected chi connectivity index (χ4v) is 6.08. The van der Waals surface area contributed by atoms with Crippen LogP contribution >= 0.6 is 0 Å². The summed E-state index contributed by atoms with van der Waals surface area (Å²) in [5.41, 5.74) is -0.286. The van der Waals surface area contributed by atoms with Gasteiger partial charge in [-0.1, -0.05) is 13.8 Å². The highest BCUT2D eigenvalue weighted by Crippen LogP contribution is 2.60. The van der Waals surface area contributed by atoms with Gasteiger partial charge < -0.3 is 24.6 Å². The highest BCUT2D eigenvalue weighted by atomic mass is 17.3. The number of hydrogen-bond donors (Lipinski definition) is 2. The van der Waals surface area contributed by atoms with E-state index in [0.717, 1.165) is 25.7 Å². The first-order valence-electron chi connectivity index (χ1n) is 11.7. The van der Waals surface area contributed by atoms with Gasteiger partial charge >= 0.3 is 5.97 Å². The zero-order valence-electron chi connectivity index (χ0n) is 19.1. The Morgan fingerprint density at radius 3 is 2.61 bits per heavy atom. The van der Waals surface area contributed by atoms with Gasteiger partial charge in [0.05, 0.1) is 0 Å². The molecule has 1 amide bonds. The van der Waals surface area contributed by atoms with Crippen molar-refractivity contribution in [1.82, 2.24) is 5.32 Å². The van der Waals surface area contributed by atoms with Crippen LogP contribution < -0.4 is 10.1 Å². The molecular formula is C24H31NO8. The van der Waals surface area contributed by atoms with Gasteiger partial charge in [-0.05, 0) is 62.3 Å². The van der Waals surface area contributed by atoms with Crippen LogP contribution in [0.3, 0.4) is 0 Å². The summed E-state index contributed by atoms with van der Waals surface area (Å²) < 4.78 is 19.0. The van der Waals surface area contributed by atoms with E-state index in [4.69, 9.17) is 29.1 Å². The first-order chi connectivity index (χ1) is 15.7. The van der Waals surface area contributed by atoms with E-state index in [1.807, 2.05) is 6.92 Å². The van der Waals surface area contributed by atoms with Crippen LogP contribution in [0, 0.1) is 23.7 Å². The molecular weight excluding hydrogens is 430 g/mol. The van der Waals surface area contributed by atoms with Crippen LogP contribution in [-0.2, 0) is 24.0 Å². The van der Waals surface area contributed by atoms with Crippen molar-refractivity contribution >= 4 is 11.9 Å². The molecule has 0 aromatic heterocycles. The van der Waals surface area contributed by atoms with E-state index >= 15 is 0 Å². The minimum absolute atomic E-state index is 0.0319. The van der Waals surface area contributed by atoms with Crippen LogP contribution in [0.2, 0.25) is 0 Å². The topological polar surface area (TPSA) is 113 Å². The minimum atomic E-state index is -1.10. The lowest BCUT2D eigenvalue weighted by atomic mass is 9.58. The summed E-state index contributed by atoms with van der Waals surface area (Å²) >= 11 is 0. The molecule has 1 aromatic rings. The largest absolute Gasteiger partial charge is 0.480 e. The lowest BCUT2D eigenvalue weighted by molar-refractivity contribution is -0.575. The van der Waals surface area contributed by atoms with Crippen LogP contribution in [0.5, 0.6) is 5.75 Å². The number of ether oxygens (including phenoxy) is 3. The van der Waals surface area contributed by atoms with Crippen LogP contribution in [-0.4, -0.2) is 47.5 Å². The van der Waals surface area contributed by atoms with Crippen molar-refractivity contribution in [3.8, 4) is 5.75 Å². The quantitative estimate of drug-likeness (QED) is 0.644. The second-order valence-electron chi connectivity index (χ2n) is 9.99. The summed E-state index contributed by atoms with van der Waals surface area (Å²) in [7, 11) is 0. The molecule has 180 valence electrons. The number of fused-ring (bicyclic) bond motifs is 2. The van der Waals surface area contributed by atoms with Crippen molar-refractivity contribution in [2.45, 2.75) is 70.4 Å². The third-order valence-electron chi connectivity index (χ3n) is 7.87. The molecule has 4 heterocycles. The average Bonchev–Trinajstić information content (AvgIpc) is 3.02. The van der Waals surface area contributed by atoms with Gasteiger partial charge in [0.1, 0.15) is 12.3 Å². The van der Waals surface area contributed by atoms with Gasteiger partial charge in [0.25, 0.3) is 5.91 Å². The van der Waals surface area contributed by atoms with E-state index in [1.165, 1.54) is 0 Å². The van der Waals surface area contributed by atoms with Crippen molar-refractivity contribution in [3.63, 3.8) is 0 Å². The molecule has 6 rings (SSSR count). The van der Waals surface area contributed by atoms with Crippen LogP contribution in [0.15, 0.2) is 24.3 Å². The standard InChI is InChI=1S/C24H31NO8/c1-13-4-9-18-14(2)21(29-16-7-5-15(6-8-16)20(28)25-12-19(26)27)30-22-24(18)17(13)10-11-23(3,31-22)32-33-24/h5-8,13-14,17-18,21-22H,4,9-12H2,1-3H3,(H,25,28)(H,26,27)/t13-,14-,17+,18+,21+,22-,23-,24-/m1/s1. The Morgan fingerprint density at radius 2 is 1.88 bits per heavy atom. The molecule has 5 aliphatic rings. The Hall–Kier alpha value is -2.20. The van der Waals surface area contributed by atoms with E-state index in [9.17, 15) is 9.59 Å². The predicted octanol–water partition coefficient (Wildman–Crippen LogP) is 3.09. The van der Waals surface area contributed by atoms with Gasteiger partial charge in [-0.15, -0.1) is 0 Å². The molecule has 0 unspecified atom stereocenters. The van der Waals surface area contributed by atoms with E-state index in [1.54, 1.807) is 24.3 Å². The summed E-state index contributed by atoms with van der Waals surface area (Å²) in [5.74, 6) is -0.864. The number of carbonyl (C=O) groups excluding carboxylic acids is 1. The number of benzene rings is 1. The van der Waals surface area contributed by atoms with E-state index in [-0.39, 0.29) is 17.8 Å². The molecule has 1 spiro atoms. The zero-order valence-corrected chi connectivity index (χ0v) is 19.1. The maximum atomic E-state index is 12.1. The van der Waals surface area contributed by atoms with Crippen molar-refractivity contribution < 1.29 is 38.7 Å². The van der Waals surface area contributed by atoms with Crippen molar-refractivity contribution in [1.29, 1.82) is 0 Å². The highest BCUT2D eigenvalue weighted by molar-refractivity contribution is 5.95. The highest BCUT2D eigenvalue weighted by Gasteiger charge is 2.69. The van der Waals surface area contributed by atoms with Crippen molar-refractivity contribution in [2.75, 3.05) is 6.54 Å². The number of aliphatic carboxylic acids is 1. The number of hydrogen-bond acceptors (Lipinski definition) is 7. The average molecular weight is 462 g/mol. The molecule has 1 saturated carbocycles. The lowest BCUT2D eigenvalue weighted by Gasteiger charge is -2.60.